The van der Waals surface area contributed by atoms with E-state index in [1.807, 2.05) is 0 Å². The summed E-state index contributed by atoms with van der Waals surface area (Å²) in [7, 11) is 2.97. The number of amides is 1. The summed E-state index contributed by atoms with van der Waals surface area (Å²) in [6.07, 6.45) is -0.402. The molecule has 0 saturated heterocycles. The molecule has 0 aliphatic rings. The molecule has 0 aliphatic heterocycles. The monoisotopic (exact) mass is 292 g/mol. The second kappa shape index (κ2) is 6.84. The summed E-state index contributed by atoms with van der Waals surface area (Å²) in [4.78, 5) is 11.9. The van der Waals surface area contributed by atoms with Crippen LogP contribution in [0.3, 0.4) is 0 Å². The molecule has 6 heteroatoms. The summed E-state index contributed by atoms with van der Waals surface area (Å²) >= 11 is 0. The van der Waals surface area contributed by atoms with Crippen LogP contribution in [0.4, 0.5) is 10.5 Å². The van der Waals surface area contributed by atoms with Crippen LogP contribution in [-0.4, -0.2) is 25.9 Å². The van der Waals surface area contributed by atoms with Gasteiger partial charge in [0.15, 0.2) is 11.5 Å². The van der Waals surface area contributed by atoms with E-state index in [2.05, 4.69) is 11.4 Å². The predicted molar refractivity (Wildman–Crippen MR) is 78.7 cm³/mol. The van der Waals surface area contributed by atoms with Gasteiger partial charge in [-0.3, -0.25) is 5.32 Å². The van der Waals surface area contributed by atoms with Crippen LogP contribution in [-0.2, 0) is 11.2 Å². The van der Waals surface area contributed by atoms with Crippen LogP contribution in [0.5, 0.6) is 11.5 Å². The first-order valence-corrected chi connectivity index (χ1v) is 6.42. The third-order valence-electron chi connectivity index (χ3n) is 2.46. The number of carbonyl (C=O) groups is 1. The van der Waals surface area contributed by atoms with E-state index < -0.39 is 11.7 Å². The fourth-order valence-corrected chi connectivity index (χ4v) is 1.72. The van der Waals surface area contributed by atoms with E-state index in [0.29, 0.717) is 22.7 Å². The first-order valence-electron chi connectivity index (χ1n) is 6.42. The third kappa shape index (κ3) is 4.88. The normalized spacial score (nSPS) is 10.5. The minimum absolute atomic E-state index is 0.198. The average molecular weight is 292 g/mol. The van der Waals surface area contributed by atoms with Gasteiger partial charge in [0.25, 0.3) is 0 Å². The fraction of sp³-hybridized carbons (Fsp3) is 0.467. The Morgan fingerprint density at radius 3 is 2.43 bits per heavy atom. The Bertz CT molecular complexity index is 556. The Morgan fingerprint density at radius 2 is 1.95 bits per heavy atom. The zero-order valence-corrected chi connectivity index (χ0v) is 12.9. The molecule has 1 amide bonds. The van der Waals surface area contributed by atoms with Gasteiger partial charge < -0.3 is 14.2 Å². The van der Waals surface area contributed by atoms with Crippen molar-refractivity contribution in [2.24, 2.45) is 0 Å². The molecule has 0 atom stereocenters. The molecule has 0 fully saturated rings. The number of carbonyl (C=O) groups excluding carboxylic acids is 1. The highest BCUT2D eigenvalue weighted by atomic mass is 16.6. The van der Waals surface area contributed by atoms with Crippen molar-refractivity contribution in [3.63, 3.8) is 0 Å². The van der Waals surface area contributed by atoms with Crippen molar-refractivity contribution in [2.75, 3.05) is 19.5 Å². The molecule has 1 aromatic rings. The minimum Gasteiger partial charge on any atom is -0.493 e. The van der Waals surface area contributed by atoms with Crippen molar-refractivity contribution in [2.45, 2.75) is 32.8 Å². The predicted octanol–water partition coefficient (Wildman–Crippen LogP) is 3.12. The molecule has 21 heavy (non-hydrogen) atoms. The number of nitrogens with one attached hydrogen (secondary N) is 1. The van der Waals surface area contributed by atoms with E-state index in [9.17, 15) is 4.79 Å². The van der Waals surface area contributed by atoms with Gasteiger partial charge in [0.1, 0.15) is 5.60 Å². The molecule has 6 nitrogen and oxygen atoms in total. The van der Waals surface area contributed by atoms with Crippen LogP contribution < -0.4 is 14.8 Å². The zero-order valence-electron chi connectivity index (χ0n) is 12.9. The number of anilines is 1. The summed E-state index contributed by atoms with van der Waals surface area (Å²) in [5.74, 6) is 0.821. The molecular weight excluding hydrogens is 272 g/mol. The summed E-state index contributed by atoms with van der Waals surface area (Å²) in [6, 6.07) is 5.41. The Hall–Kier alpha value is -2.42. The summed E-state index contributed by atoms with van der Waals surface area (Å²) in [5, 5.41) is 11.4. The van der Waals surface area contributed by atoms with Crippen LogP contribution in [0.15, 0.2) is 12.1 Å². The number of benzene rings is 1. The molecule has 1 N–H and O–H groups in total. The Morgan fingerprint density at radius 1 is 1.29 bits per heavy atom. The van der Waals surface area contributed by atoms with Crippen molar-refractivity contribution >= 4 is 11.8 Å². The van der Waals surface area contributed by atoms with Crippen LogP contribution in [0.25, 0.3) is 0 Å². The van der Waals surface area contributed by atoms with Crippen LogP contribution >= 0.6 is 0 Å². The van der Waals surface area contributed by atoms with Gasteiger partial charge in [-0.2, -0.15) is 5.26 Å². The van der Waals surface area contributed by atoms with Gasteiger partial charge in [0.05, 0.1) is 32.4 Å². The zero-order chi connectivity index (χ0) is 16.0. The Balaban J connectivity index is 3.11. The Labute approximate surface area is 124 Å². The van der Waals surface area contributed by atoms with Gasteiger partial charge in [-0.05, 0) is 38.5 Å². The quantitative estimate of drug-likeness (QED) is 0.922. The highest BCUT2D eigenvalue weighted by Crippen LogP contribution is 2.37. The largest absolute Gasteiger partial charge is 0.493 e. The maximum absolute atomic E-state index is 11.9. The molecule has 0 saturated carbocycles. The van der Waals surface area contributed by atoms with Crippen LogP contribution in [0.1, 0.15) is 26.3 Å². The number of nitrogens with zero attached hydrogens (tertiary/aromatic N) is 1. The lowest BCUT2D eigenvalue weighted by molar-refractivity contribution is 0.0635. The van der Waals surface area contributed by atoms with Crippen LogP contribution in [0.2, 0.25) is 0 Å². The summed E-state index contributed by atoms with van der Waals surface area (Å²) < 4.78 is 15.7. The first kappa shape index (κ1) is 16.6. The van der Waals surface area contributed by atoms with E-state index in [0.717, 1.165) is 0 Å². The number of nitriles is 1. The molecule has 0 aliphatic carbocycles. The van der Waals surface area contributed by atoms with Crippen molar-refractivity contribution in [1.82, 2.24) is 0 Å². The van der Waals surface area contributed by atoms with Gasteiger partial charge in [-0.15, -0.1) is 0 Å². The molecule has 1 aromatic carbocycles. The van der Waals surface area contributed by atoms with Gasteiger partial charge in [0, 0.05) is 0 Å². The smallest absolute Gasteiger partial charge is 0.412 e. The number of rotatable bonds is 4. The number of hydrogen-bond acceptors (Lipinski definition) is 5. The molecule has 0 aromatic heterocycles. The van der Waals surface area contributed by atoms with Crippen molar-refractivity contribution < 1.29 is 19.0 Å². The summed E-state index contributed by atoms with van der Waals surface area (Å²) in [6.45, 7) is 5.32. The molecular formula is C15H20N2O4. The Kier molecular flexibility index (Phi) is 5.42. The van der Waals surface area contributed by atoms with Crippen molar-refractivity contribution in [3.8, 4) is 17.6 Å². The van der Waals surface area contributed by atoms with Gasteiger partial charge in [-0.25, -0.2) is 4.79 Å². The van der Waals surface area contributed by atoms with Gasteiger partial charge >= 0.3 is 6.09 Å². The number of ether oxygens (including phenoxy) is 3. The maximum atomic E-state index is 11.9. The molecule has 0 spiro atoms. The fourth-order valence-electron chi connectivity index (χ4n) is 1.72. The first-order chi connectivity index (χ1) is 9.80. The number of hydrogen-bond donors (Lipinski definition) is 1. The molecule has 0 heterocycles. The maximum Gasteiger partial charge on any atom is 0.412 e. The summed E-state index contributed by atoms with van der Waals surface area (Å²) in [5.41, 5.74) is 0.503. The van der Waals surface area contributed by atoms with E-state index in [-0.39, 0.29) is 6.42 Å². The van der Waals surface area contributed by atoms with E-state index in [1.54, 1.807) is 32.9 Å². The molecule has 114 valence electrons. The SMILES string of the molecule is COc1cc(CC#N)cc(NC(=O)OC(C)(C)C)c1OC. The lowest BCUT2D eigenvalue weighted by Gasteiger charge is -2.21. The molecule has 0 unspecified atom stereocenters. The van der Waals surface area contributed by atoms with E-state index in [4.69, 9.17) is 19.5 Å². The third-order valence-corrected chi connectivity index (χ3v) is 2.46. The van der Waals surface area contributed by atoms with Crippen molar-refractivity contribution in [3.05, 3.63) is 17.7 Å². The second-order valence-electron chi connectivity index (χ2n) is 5.34. The van der Waals surface area contributed by atoms with Crippen molar-refractivity contribution in [1.29, 1.82) is 5.26 Å². The standard InChI is InChI=1S/C15H20N2O4/c1-15(2,3)21-14(18)17-11-8-10(6-7-16)9-12(19-4)13(11)20-5/h8-9H,6H2,1-5H3,(H,17,18). The highest BCUT2D eigenvalue weighted by Gasteiger charge is 2.19. The molecule has 1 rings (SSSR count). The second-order valence-corrected chi connectivity index (χ2v) is 5.34. The van der Waals surface area contributed by atoms with Gasteiger partial charge in [-0.1, -0.05) is 0 Å². The lowest BCUT2D eigenvalue weighted by Crippen LogP contribution is -2.27. The van der Waals surface area contributed by atoms with E-state index in [1.165, 1.54) is 14.2 Å². The average Bonchev–Trinajstić information content (AvgIpc) is 2.36. The van der Waals surface area contributed by atoms with Crippen LogP contribution in [0, 0.1) is 11.3 Å². The molecule has 0 radical (unpaired) electrons. The lowest BCUT2D eigenvalue weighted by atomic mass is 10.1. The van der Waals surface area contributed by atoms with Gasteiger partial charge in [0.2, 0.25) is 0 Å². The minimum atomic E-state index is -0.605. The topological polar surface area (TPSA) is 80.6 Å². The highest BCUT2D eigenvalue weighted by molar-refractivity contribution is 5.88. The molecule has 0 bridgehead atoms. The number of methoxy groups -OCH3 is 2. The van der Waals surface area contributed by atoms with E-state index >= 15 is 0 Å².